The number of piperidine rings is 1. The molecule has 0 bridgehead atoms. The molecule has 1 unspecified atom stereocenters. The second kappa shape index (κ2) is 9.33. The number of fused-ring (bicyclic) bond motifs is 1. The van der Waals surface area contributed by atoms with Crippen LogP contribution in [0.25, 0.3) is 0 Å². The molecule has 0 aromatic heterocycles. The lowest BCUT2D eigenvalue weighted by Crippen LogP contribution is -2.54. The summed E-state index contributed by atoms with van der Waals surface area (Å²) in [5.74, 6) is -3.14. The first kappa shape index (κ1) is 22.1. The fourth-order valence-electron chi connectivity index (χ4n) is 3.52. The van der Waals surface area contributed by atoms with Crippen molar-refractivity contribution in [2.75, 3.05) is 26.2 Å². The predicted octanol–water partition coefficient (Wildman–Crippen LogP) is 2.41. The summed E-state index contributed by atoms with van der Waals surface area (Å²) in [5.41, 5.74) is 6.85. The summed E-state index contributed by atoms with van der Waals surface area (Å²) in [6.07, 6.45) is -1.16. The number of hydrogen-bond donors (Lipinski definition) is 3. The minimum absolute atomic E-state index is 0.0761. The minimum atomic E-state index is -5.08. The van der Waals surface area contributed by atoms with Gasteiger partial charge in [0, 0.05) is 37.8 Å². The van der Waals surface area contributed by atoms with Gasteiger partial charge in [0.25, 0.3) is 0 Å². The number of nitrogens with one attached hydrogen (secondary N) is 1. The molecule has 10 heteroatoms. The Morgan fingerprint density at radius 3 is 2.50 bits per heavy atom. The molecular weight excluding hydrogens is 380 g/mol. The predicted molar refractivity (Wildman–Crippen MR) is 95.6 cm³/mol. The molecule has 3 rings (SSSR count). The van der Waals surface area contributed by atoms with Crippen LogP contribution in [0, 0.1) is 11.2 Å². The summed E-state index contributed by atoms with van der Waals surface area (Å²) in [6.45, 7) is 5.17. The summed E-state index contributed by atoms with van der Waals surface area (Å²) in [7, 11) is 0. The van der Waals surface area contributed by atoms with E-state index in [0.29, 0.717) is 11.6 Å². The highest BCUT2D eigenvalue weighted by Crippen LogP contribution is 2.22. The fraction of sp³-hybridized carbons (Fsp3) is 0.556. The van der Waals surface area contributed by atoms with Gasteiger partial charge in [-0.15, -0.1) is 0 Å². The maximum atomic E-state index is 13.6. The number of carbonyl (C=O) groups is 1. The standard InChI is InChI=1S/C16H23FN4.C2HF3O2/c17-14-8-12(7-13(9-14)16(18)19)10-20-5-6-21-4-2-1-3-15(21)11-20;3-2(4,5)1(6)7/h7-9,15H,1-6,10-11H2,(H3,18,19);(H,6,7). The monoisotopic (exact) mass is 404 g/mol. The summed E-state index contributed by atoms with van der Waals surface area (Å²) >= 11 is 0. The highest BCUT2D eigenvalue weighted by molar-refractivity contribution is 5.95. The van der Waals surface area contributed by atoms with Crippen molar-refractivity contribution in [3.8, 4) is 0 Å². The van der Waals surface area contributed by atoms with E-state index in [1.807, 2.05) is 6.07 Å². The number of amidine groups is 1. The molecule has 1 aromatic rings. The van der Waals surface area contributed by atoms with Crippen LogP contribution in [-0.4, -0.2) is 65.1 Å². The summed E-state index contributed by atoms with van der Waals surface area (Å²) < 4.78 is 45.4. The minimum Gasteiger partial charge on any atom is -0.475 e. The van der Waals surface area contributed by atoms with E-state index in [0.717, 1.165) is 31.7 Å². The van der Waals surface area contributed by atoms with Gasteiger partial charge in [-0.3, -0.25) is 15.2 Å². The van der Waals surface area contributed by atoms with Crippen LogP contribution in [-0.2, 0) is 11.3 Å². The van der Waals surface area contributed by atoms with Crippen molar-refractivity contribution in [3.05, 3.63) is 35.1 Å². The van der Waals surface area contributed by atoms with Crippen LogP contribution in [0.5, 0.6) is 0 Å². The van der Waals surface area contributed by atoms with Crippen molar-refractivity contribution >= 4 is 11.8 Å². The van der Waals surface area contributed by atoms with Crippen molar-refractivity contribution in [1.82, 2.24) is 9.80 Å². The number of rotatable bonds is 3. The molecule has 0 aliphatic carbocycles. The number of carboxylic acid groups (broad SMARTS) is 1. The van der Waals surface area contributed by atoms with Crippen LogP contribution in [0.3, 0.4) is 0 Å². The number of benzene rings is 1. The maximum absolute atomic E-state index is 13.6. The van der Waals surface area contributed by atoms with E-state index in [9.17, 15) is 17.6 Å². The normalized spacial score (nSPS) is 20.6. The Labute approximate surface area is 160 Å². The first-order valence-electron chi connectivity index (χ1n) is 8.96. The van der Waals surface area contributed by atoms with Crippen LogP contribution >= 0.6 is 0 Å². The second-order valence-corrected chi connectivity index (χ2v) is 6.99. The Morgan fingerprint density at radius 1 is 1.21 bits per heavy atom. The Balaban J connectivity index is 0.000000345. The highest BCUT2D eigenvalue weighted by Gasteiger charge is 2.38. The maximum Gasteiger partial charge on any atom is 0.490 e. The van der Waals surface area contributed by atoms with E-state index < -0.39 is 12.1 Å². The van der Waals surface area contributed by atoms with Gasteiger partial charge in [-0.2, -0.15) is 13.2 Å². The van der Waals surface area contributed by atoms with Gasteiger partial charge in [-0.25, -0.2) is 9.18 Å². The van der Waals surface area contributed by atoms with E-state index in [4.69, 9.17) is 21.0 Å². The molecule has 156 valence electrons. The third-order valence-corrected chi connectivity index (χ3v) is 4.84. The van der Waals surface area contributed by atoms with E-state index in [-0.39, 0.29) is 11.7 Å². The van der Waals surface area contributed by atoms with Crippen molar-refractivity contribution in [1.29, 1.82) is 5.41 Å². The Morgan fingerprint density at radius 2 is 1.89 bits per heavy atom. The molecular formula is C18H24F4N4O2. The SMILES string of the molecule is N=C(N)c1cc(F)cc(CN2CCN3CCCCC3C2)c1.O=C(O)C(F)(F)F. The Hall–Kier alpha value is -2.20. The van der Waals surface area contributed by atoms with Crippen molar-refractivity contribution in [2.45, 2.75) is 38.0 Å². The lowest BCUT2D eigenvalue weighted by Gasteiger charge is -2.44. The quantitative estimate of drug-likeness (QED) is 0.409. The van der Waals surface area contributed by atoms with Crippen molar-refractivity contribution in [3.63, 3.8) is 0 Å². The number of nitrogens with two attached hydrogens (primary N) is 1. The highest BCUT2D eigenvalue weighted by atomic mass is 19.4. The second-order valence-electron chi connectivity index (χ2n) is 6.99. The molecule has 2 heterocycles. The lowest BCUT2D eigenvalue weighted by atomic mass is 9.99. The zero-order valence-corrected chi connectivity index (χ0v) is 15.3. The Bertz CT molecular complexity index is 711. The number of alkyl halides is 3. The average molecular weight is 404 g/mol. The summed E-state index contributed by atoms with van der Waals surface area (Å²) in [6, 6.07) is 5.37. The smallest absolute Gasteiger partial charge is 0.475 e. The molecule has 1 atom stereocenters. The van der Waals surface area contributed by atoms with E-state index in [2.05, 4.69) is 9.80 Å². The third kappa shape index (κ3) is 6.45. The number of piperazine rings is 1. The lowest BCUT2D eigenvalue weighted by molar-refractivity contribution is -0.192. The van der Waals surface area contributed by atoms with E-state index >= 15 is 0 Å². The number of hydrogen-bond acceptors (Lipinski definition) is 4. The van der Waals surface area contributed by atoms with Crippen LogP contribution in [0.15, 0.2) is 18.2 Å². The topological polar surface area (TPSA) is 93.7 Å². The molecule has 0 radical (unpaired) electrons. The average Bonchev–Trinajstić information content (AvgIpc) is 2.61. The molecule has 2 aliphatic heterocycles. The van der Waals surface area contributed by atoms with Gasteiger partial charge in [-0.1, -0.05) is 6.42 Å². The number of nitrogen functional groups attached to an aromatic ring is 1. The van der Waals surface area contributed by atoms with Gasteiger partial charge in [0.15, 0.2) is 0 Å². The molecule has 0 saturated carbocycles. The van der Waals surface area contributed by atoms with Gasteiger partial charge in [0.1, 0.15) is 11.7 Å². The number of carboxylic acids is 1. The van der Waals surface area contributed by atoms with E-state index in [1.165, 1.54) is 31.9 Å². The van der Waals surface area contributed by atoms with Gasteiger partial charge >= 0.3 is 12.1 Å². The van der Waals surface area contributed by atoms with Gasteiger partial charge in [-0.05, 0) is 43.1 Å². The first-order chi connectivity index (χ1) is 13.1. The van der Waals surface area contributed by atoms with Gasteiger partial charge in [0.05, 0.1) is 0 Å². The Kier molecular flexibility index (Phi) is 7.36. The van der Waals surface area contributed by atoms with Crippen LogP contribution < -0.4 is 5.73 Å². The van der Waals surface area contributed by atoms with Gasteiger partial charge < -0.3 is 10.8 Å². The number of nitrogens with zero attached hydrogens (tertiary/aromatic N) is 2. The third-order valence-electron chi connectivity index (χ3n) is 4.84. The molecule has 0 spiro atoms. The molecule has 2 aliphatic rings. The van der Waals surface area contributed by atoms with Crippen molar-refractivity contribution < 1.29 is 27.5 Å². The molecule has 1 aromatic carbocycles. The summed E-state index contributed by atoms with van der Waals surface area (Å²) in [5, 5.41) is 14.6. The zero-order chi connectivity index (χ0) is 20.9. The molecule has 6 nitrogen and oxygen atoms in total. The summed E-state index contributed by atoms with van der Waals surface area (Å²) in [4.78, 5) is 13.9. The number of halogens is 4. The molecule has 4 N–H and O–H groups in total. The molecule has 0 amide bonds. The fourth-order valence-corrected chi connectivity index (χ4v) is 3.52. The molecule has 2 fully saturated rings. The van der Waals surface area contributed by atoms with Crippen LogP contribution in [0.2, 0.25) is 0 Å². The largest absolute Gasteiger partial charge is 0.490 e. The number of aliphatic carboxylic acids is 1. The molecule has 2 saturated heterocycles. The zero-order valence-electron chi connectivity index (χ0n) is 15.3. The van der Waals surface area contributed by atoms with Gasteiger partial charge in [0.2, 0.25) is 0 Å². The van der Waals surface area contributed by atoms with E-state index in [1.54, 1.807) is 6.07 Å². The van der Waals surface area contributed by atoms with Crippen LogP contribution in [0.4, 0.5) is 17.6 Å². The first-order valence-corrected chi connectivity index (χ1v) is 8.96. The van der Waals surface area contributed by atoms with Crippen LogP contribution in [0.1, 0.15) is 30.4 Å². The molecule has 28 heavy (non-hydrogen) atoms. The van der Waals surface area contributed by atoms with Crippen molar-refractivity contribution in [2.24, 2.45) is 5.73 Å².